The van der Waals surface area contributed by atoms with Gasteiger partial charge in [-0.3, -0.25) is 4.79 Å². The molecule has 0 amide bonds. The molecule has 0 unspecified atom stereocenters. The van der Waals surface area contributed by atoms with Crippen LogP contribution >= 0.6 is 11.5 Å². The van der Waals surface area contributed by atoms with Gasteiger partial charge in [-0.2, -0.15) is 0 Å². The van der Waals surface area contributed by atoms with E-state index in [1.54, 1.807) is 3.96 Å². The van der Waals surface area contributed by atoms with E-state index in [1.165, 1.54) is 17.1 Å². The summed E-state index contributed by atoms with van der Waals surface area (Å²) in [5, 5.41) is 4.17. The molecule has 0 saturated carbocycles. The van der Waals surface area contributed by atoms with Crippen LogP contribution in [0.5, 0.6) is 0 Å². The van der Waals surface area contributed by atoms with Crippen LogP contribution in [0.3, 0.4) is 0 Å². The lowest BCUT2D eigenvalue weighted by Gasteiger charge is -2.08. The predicted octanol–water partition coefficient (Wildman–Crippen LogP) is 3.55. The monoisotopic (exact) mass is 298 g/mol. The topological polar surface area (TPSA) is 34.0 Å². The Morgan fingerprint density at radius 2 is 1.81 bits per heavy atom. The highest BCUT2D eigenvalue weighted by molar-refractivity contribution is 7.14. The molecule has 0 atom stereocenters. The fourth-order valence-electron chi connectivity index (χ4n) is 2.21. The van der Waals surface area contributed by atoms with Crippen LogP contribution in [0.4, 0.5) is 0 Å². The minimum absolute atomic E-state index is 0.0589. The molecule has 3 rings (SSSR count). The van der Waals surface area contributed by atoms with Crippen molar-refractivity contribution in [1.82, 2.24) is 9.27 Å². The Hall–Kier alpha value is -1.91. The zero-order valence-electron chi connectivity index (χ0n) is 12.2. The highest BCUT2D eigenvalue weighted by Gasteiger charge is 2.08. The molecule has 21 heavy (non-hydrogen) atoms. The largest absolute Gasteiger partial charge is 0.310 e. The van der Waals surface area contributed by atoms with Gasteiger partial charge in [0.1, 0.15) is 0 Å². The van der Waals surface area contributed by atoms with E-state index in [-0.39, 0.29) is 5.56 Å². The molecule has 0 aliphatic carbocycles. The second kappa shape index (κ2) is 5.84. The van der Waals surface area contributed by atoms with Crippen molar-refractivity contribution in [2.45, 2.75) is 26.4 Å². The number of nitrogens with one attached hydrogen (secondary N) is 1. The SMILES string of the molecule is CC(C)NCc1ccc(-n2sc3ccccc3c2=O)cc1. The summed E-state index contributed by atoms with van der Waals surface area (Å²) in [5.74, 6) is 0. The smallest absolute Gasteiger partial charge is 0.273 e. The third kappa shape index (κ3) is 2.91. The first kappa shape index (κ1) is 14.0. The first-order valence-corrected chi connectivity index (χ1v) is 7.86. The molecule has 3 nitrogen and oxygen atoms in total. The highest BCUT2D eigenvalue weighted by atomic mass is 32.1. The second-order valence-electron chi connectivity index (χ2n) is 5.39. The van der Waals surface area contributed by atoms with E-state index >= 15 is 0 Å². The van der Waals surface area contributed by atoms with E-state index < -0.39 is 0 Å². The summed E-state index contributed by atoms with van der Waals surface area (Å²) < 4.78 is 2.78. The Labute approximate surface area is 128 Å². The van der Waals surface area contributed by atoms with E-state index in [9.17, 15) is 4.79 Å². The molecule has 1 heterocycles. The fraction of sp³-hybridized carbons (Fsp3) is 0.235. The number of hydrogen-bond acceptors (Lipinski definition) is 3. The van der Waals surface area contributed by atoms with Gasteiger partial charge in [-0.15, -0.1) is 0 Å². The van der Waals surface area contributed by atoms with E-state index in [0.717, 1.165) is 22.3 Å². The number of fused-ring (bicyclic) bond motifs is 1. The van der Waals surface area contributed by atoms with E-state index in [2.05, 4.69) is 31.3 Å². The van der Waals surface area contributed by atoms with Crippen molar-refractivity contribution in [2.75, 3.05) is 0 Å². The normalized spacial score (nSPS) is 11.4. The molecule has 4 heteroatoms. The van der Waals surface area contributed by atoms with Crippen LogP contribution in [0.2, 0.25) is 0 Å². The molecular formula is C17H18N2OS. The van der Waals surface area contributed by atoms with Crippen molar-refractivity contribution < 1.29 is 0 Å². The van der Waals surface area contributed by atoms with Gasteiger partial charge in [0, 0.05) is 12.6 Å². The summed E-state index contributed by atoms with van der Waals surface area (Å²) >= 11 is 1.49. The average Bonchev–Trinajstić information content (AvgIpc) is 2.83. The predicted molar refractivity (Wildman–Crippen MR) is 89.4 cm³/mol. The van der Waals surface area contributed by atoms with Gasteiger partial charge in [0.2, 0.25) is 0 Å². The molecule has 108 valence electrons. The molecule has 0 fully saturated rings. The van der Waals surface area contributed by atoms with Crippen LogP contribution < -0.4 is 10.9 Å². The molecule has 0 aliphatic heterocycles. The molecule has 1 aromatic heterocycles. The van der Waals surface area contributed by atoms with Crippen LogP contribution in [-0.4, -0.2) is 10.00 Å². The molecular weight excluding hydrogens is 280 g/mol. The lowest BCUT2D eigenvalue weighted by atomic mass is 10.2. The molecule has 0 saturated heterocycles. The summed E-state index contributed by atoms with van der Waals surface area (Å²) in [6, 6.07) is 16.4. The van der Waals surface area contributed by atoms with Crippen molar-refractivity contribution >= 4 is 21.6 Å². The minimum atomic E-state index is 0.0589. The third-order valence-electron chi connectivity index (χ3n) is 3.38. The first-order chi connectivity index (χ1) is 10.1. The van der Waals surface area contributed by atoms with Crippen LogP contribution in [0.25, 0.3) is 15.8 Å². The summed E-state index contributed by atoms with van der Waals surface area (Å²) in [6.07, 6.45) is 0. The Bertz CT molecular complexity index is 800. The van der Waals surface area contributed by atoms with Gasteiger partial charge in [-0.05, 0) is 29.8 Å². The standard InChI is InChI=1S/C17H18N2OS/c1-12(2)18-11-13-7-9-14(10-8-13)19-17(20)15-5-3-4-6-16(15)21-19/h3-10,12,18H,11H2,1-2H3. The van der Waals surface area contributed by atoms with Gasteiger partial charge in [0.05, 0.1) is 15.8 Å². The van der Waals surface area contributed by atoms with Crippen molar-refractivity contribution in [2.24, 2.45) is 0 Å². The van der Waals surface area contributed by atoms with Gasteiger partial charge in [-0.1, -0.05) is 49.6 Å². The second-order valence-corrected chi connectivity index (χ2v) is 6.38. The maximum atomic E-state index is 12.4. The van der Waals surface area contributed by atoms with Crippen molar-refractivity contribution in [3.05, 3.63) is 64.4 Å². The van der Waals surface area contributed by atoms with Crippen molar-refractivity contribution in [3.8, 4) is 5.69 Å². The average molecular weight is 298 g/mol. The van der Waals surface area contributed by atoms with E-state index in [1.807, 2.05) is 36.4 Å². The zero-order chi connectivity index (χ0) is 14.8. The molecule has 0 spiro atoms. The molecule has 3 aromatic rings. The van der Waals surface area contributed by atoms with Crippen LogP contribution in [0.1, 0.15) is 19.4 Å². The molecule has 2 aromatic carbocycles. The van der Waals surface area contributed by atoms with Gasteiger partial charge in [-0.25, -0.2) is 3.96 Å². The number of benzene rings is 2. The lowest BCUT2D eigenvalue weighted by Crippen LogP contribution is -2.21. The number of rotatable bonds is 4. The van der Waals surface area contributed by atoms with Gasteiger partial charge in [0.15, 0.2) is 0 Å². The molecule has 0 bridgehead atoms. The quantitative estimate of drug-likeness (QED) is 0.799. The molecule has 1 N–H and O–H groups in total. The van der Waals surface area contributed by atoms with E-state index in [0.29, 0.717) is 6.04 Å². The Morgan fingerprint density at radius 1 is 1.10 bits per heavy atom. The zero-order valence-corrected chi connectivity index (χ0v) is 13.0. The molecule has 0 aliphatic rings. The summed E-state index contributed by atoms with van der Waals surface area (Å²) in [7, 11) is 0. The van der Waals surface area contributed by atoms with Gasteiger partial charge >= 0.3 is 0 Å². The first-order valence-electron chi connectivity index (χ1n) is 7.09. The number of nitrogens with zero attached hydrogens (tertiary/aromatic N) is 1. The summed E-state index contributed by atoms with van der Waals surface area (Å²) in [4.78, 5) is 12.4. The maximum absolute atomic E-state index is 12.4. The van der Waals surface area contributed by atoms with Crippen LogP contribution in [0, 0.1) is 0 Å². The lowest BCUT2D eigenvalue weighted by molar-refractivity contribution is 0.589. The van der Waals surface area contributed by atoms with Crippen molar-refractivity contribution in [3.63, 3.8) is 0 Å². The Kier molecular flexibility index (Phi) is 3.90. The van der Waals surface area contributed by atoms with Crippen LogP contribution in [0.15, 0.2) is 53.3 Å². The van der Waals surface area contributed by atoms with Gasteiger partial charge in [0.25, 0.3) is 5.56 Å². The fourth-order valence-corrected chi connectivity index (χ4v) is 3.21. The Balaban J connectivity index is 1.92. The highest BCUT2D eigenvalue weighted by Crippen LogP contribution is 2.20. The number of aromatic nitrogens is 1. The van der Waals surface area contributed by atoms with E-state index in [4.69, 9.17) is 0 Å². The molecule has 0 radical (unpaired) electrons. The summed E-state index contributed by atoms with van der Waals surface area (Å²) in [5.41, 5.74) is 2.21. The minimum Gasteiger partial charge on any atom is -0.310 e. The van der Waals surface area contributed by atoms with Crippen LogP contribution in [-0.2, 0) is 6.54 Å². The Morgan fingerprint density at radius 3 is 2.48 bits per heavy atom. The van der Waals surface area contributed by atoms with Crippen molar-refractivity contribution in [1.29, 1.82) is 0 Å². The number of hydrogen-bond donors (Lipinski definition) is 1. The summed E-state index contributed by atoms with van der Waals surface area (Å²) in [6.45, 7) is 5.11. The maximum Gasteiger partial charge on any atom is 0.273 e. The van der Waals surface area contributed by atoms with Gasteiger partial charge < -0.3 is 5.32 Å². The third-order valence-corrected chi connectivity index (χ3v) is 4.49.